The minimum atomic E-state index is -3.66. The highest BCUT2D eigenvalue weighted by atomic mass is 35.5. The molecule has 1 atom stereocenters. The molecular weight excluding hydrogens is 482 g/mol. The van der Waals surface area contributed by atoms with Crippen LogP contribution in [-0.4, -0.2) is 49.9 Å². The Labute approximate surface area is 203 Å². The van der Waals surface area contributed by atoms with E-state index in [4.69, 9.17) is 11.6 Å². The van der Waals surface area contributed by atoms with Crippen molar-refractivity contribution in [3.63, 3.8) is 0 Å². The fourth-order valence-electron chi connectivity index (χ4n) is 3.96. The van der Waals surface area contributed by atoms with Crippen molar-refractivity contribution in [1.82, 2.24) is 4.31 Å². The Balaban J connectivity index is 1.66. The van der Waals surface area contributed by atoms with E-state index in [1.165, 1.54) is 27.0 Å². The van der Waals surface area contributed by atoms with Crippen LogP contribution in [0.15, 0.2) is 46.2 Å². The van der Waals surface area contributed by atoms with Crippen molar-refractivity contribution >= 4 is 56.6 Å². The predicted molar refractivity (Wildman–Crippen MR) is 131 cm³/mol. The van der Waals surface area contributed by atoms with Gasteiger partial charge in [-0.15, -0.1) is 11.8 Å². The zero-order valence-electron chi connectivity index (χ0n) is 18.5. The van der Waals surface area contributed by atoms with Gasteiger partial charge in [0, 0.05) is 40.4 Å². The normalized spacial score (nSPS) is 19.3. The number of anilines is 2. The van der Waals surface area contributed by atoms with Gasteiger partial charge >= 0.3 is 0 Å². The average molecular weight is 508 g/mol. The molecule has 2 heterocycles. The Hall–Kier alpha value is -2.07. The van der Waals surface area contributed by atoms with Gasteiger partial charge in [0.2, 0.25) is 21.8 Å². The molecule has 0 aliphatic carbocycles. The van der Waals surface area contributed by atoms with Gasteiger partial charge in [-0.25, -0.2) is 8.42 Å². The number of amides is 2. The summed E-state index contributed by atoms with van der Waals surface area (Å²) >= 11 is 7.55. The molecule has 1 saturated heterocycles. The molecule has 2 aromatic rings. The minimum absolute atomic E-state index is 0.141. The number of sulfonamides is 1. The van der Waals surface area contributed by atoms with Gasteiger partial charge in [0.15, 0.2) is 0 Å². The molecule has 4 rings (SSSR count). The number of benzene rings is 2. The van der Waals surface area contributed by atoms with E-state index in [1.807, 2.05) is 13.8 Å². The van der Waals surface area contributed by atoms with Crippen LogP contribution >= 0.6 is 23.4 Å². The molecule has 0 bridgehead atoms. The van der Waals surface area contributed by atoms with Crippen LogP contribution < -0.4 is 10.2 Å². The number of rotatable bonds is 5. The maximum atomic E-state index is 13.2. The number of halogens is 1. The molecule has 33 heavy (non-hydrogen) atoms. The maximum absolute atomic E-state index is 13.2. The minimum Gasteiger partial charge on any atom is -0.324 e. The predicted octanol–water partition coefficient (Wildman–Crippen LogP) is 4.15. The summed E-state index contributed by atoms with van der Waals surface area (Å²) in [7, 11) is -3.66. The Kier molecular flexibility index (Phi) is 7.04. The van der Waals surface area contributed by atoms with E-state index in [0.717, 1.165) is 23.3 Å². The molecule has 10 heteroatoms. The molecule has 1 fully saturated rings. The molecule has 0 radical (unpaired) electrons. The van der Waals surface area contributed by atoms with E-state index in [1.54, 1.807) is 30.3 Å². The lowest BCUT2D eigenvalue weighted by Crippen LogP contribution is -2.41. The molecule has 0 spiro atoms. The summed E-state index contributed by atoms with van der Waals surface area (Å²) in [5.41, 5.74) is 1.87. The number of carbonyl (C=O) groups excluding carboxylic acids is 2. The smallest absolute Gasteiger partial charge is 0.244 e. The lowest BCUT2D eigenvalue weighted by molar-refractivity contribution is -0.123. The summed E-state index contributed by atoms with van der Waals surface area (Å²) in [6, 6.07) is 10.1. The van der Waals surface area contributed by atoms with Crippen LogP contribution in [0.25, 0.3) is 0 Å². The van der Waals surface area contributed by atoms with Gasteiger partial charge in [-0.2, -0.15) is 4.31 Å². The third-order valence-electron chi connectivity index (χ3n) is 5.88. The van der Waals surface area contributed by atoms with Crippen LogP contribution in [0.1, 0.15) is 25.3 Å². The quantitative estimate of drug-likeness (QED) is 0.657. The van der Waals surface area contributed by atoms with E-state index in [9.17, 15) is 18.0 Å². The molecule has 7 nitrogen and oxygen atoms in total. The Morgan fingerprint density at radius 3 is 2.64 bits per heavy atom. The van der Waals surface area contributed by atoms with Crippen LogP contribution in [0.5, 0.6) is 0 Å². The Morgan fingerprint density at radius 1 is 1.18 bits per heavy atom. The second-order valence-corrected chi connectivity index (χ2v) is 11.8. The van der Waals surface area contributed by atoms with Gasteiger partial charge in [0.1, 0.15) is 6.54 Å². The summed E-state index contributed by atoms with van der Waals surface area (Å²) in [6.07, 6.45) is 1.68. The maximum Gasteiger partial charge on any atom is 0.244 e. The summed E-state index contributed by atoms with van der Waals surface area (Å²) in [6.45, 7) is 4.43. The first kappa shape index (κ1) is 24.1. The van der Waals surface area contributed by atoms with Crippen LogP contribution in [0.3, 0.4) is 0 Å². The van der Waals surface area contributed by atoms with Crippen LogP contribution in [0.4, 0.5) is 11.4 Å². The molecule has 176 valence electrons. The molecule has 2 amide bonds. The van der Waals surface area contributed by atoms with Crippen LogP contribution in [0.2, 0.25) is 5.02 Å². The lowest BCUT2D eigenvalue weighted by Gasteiger charge is -2.25. The fourth-order valence-corrected chi connectivity index (χ4v) is 6.73. The number of hydrogen-bond donors (Lipinski definition) is 1. The molecule has 1 N–H and O–H groups in total. The number of fused-ring (bicyclic) bond motifs is 1. The van der Waals surface area contributed by atoms with Crippen molar-refractivity contribution in [3.05, 3.63) is 47.0 Å². The van der Waals surface area contributed by atoms with E-state index < -0.39 is 10.0 Å². The van der Waals surface area contributed by atoms with Crippen LogP contribution in [-0.2, 0) is 19.6 Å². The Morgan fingerprint density at radius 2 is 1.91 bits per heavy atom. The first-order chi connectivity index (χ1) is 15.7. The summed E-state index contributed by atoms with van der Waals surface area (Å²) in [5, 5.41) is 3.32. The number of thioether (sulfide) groups is 1. The molecule has 0 unspecified atom stereocenters. The van der Waals surface area contributed by atoms with Crippen molar-refractivity contribution in [2.45, 2.75) is 36.5 Å². The van der Waals surface area contributed by atoms with E-state index in [0.29, 0.717) is 35.2 Å². The third-order valence-corrected chi connectivity index (χ3v) is 9.33. The first-order valence-corrected chi connectivity index (χ1v) is 13.6. The van der Waals surface area contributed by atoms with Gasteiger partial charge < -0.3 is 10.2 Å². The second-order valence-electron chi connectivity index (χ2n) is 8.38. The van der Waals surface area contributed by atoms with Gasteiger partial charge in [-0.3, -0.25) is 9.59 Å². The van der Waals surface area contributed by atoms with Crippen molar-refractivity contribution < 1.29 is 18.0 Å². The fraction of sp³-hybridized carbons (Fsp3) is 0.391. The summed E-state index contributed by atoms with van der Waals surface area (Å²) in [5.74, 6) is -0.362. The van der Waals surface area contributed by atoms with Gasteiger partial charge in [-0.05, 0) is 55.7 Å². The molecule has 2 aliphatic rings. The van der Waals surface area contributed by atoms with E-state index in [2.05, 4.69) is 5.32 Å². The Bertz CT molecular complexity index is 1200. The van der Waals surface area contributed by atoms with Crippen LogP contribution in [0, 0.1) is 12.8 Å². The summed E-state index contributed by atoms with van der Waals surface area (Å²) < 4.78 is 27.7. The average Bonchev–Trinajstić information content (AvgIpc) is 3.30. The van der Waals surface area contributed by atoms with Gasteiger partial charge in [0.05, 0.1) is 10.6 Å². The molecular formula is C23H26ClN3O4S2. The summed E-state index contributed by atoms with van der Waals surface area (Å²) in [4.78, 5) is 28.4. The van der Waals surface area contributed by atoms with Gasteiger partial charge in [-0.1, -0.05) is 24.6 Å². The topological polar surface area (TPSA) is 86.8 Å². The van der Waals surface area contributed by atoms with Crippen molar-refractivity contribution in [2.24, 2.45) is 5.92 Å². The second kappa shape index (κ2) is 9.66. The standard InChI is InChI=1S/C23H26ClN3O4S2/c1-15-5-6-17(24)11-19(15)25-22(28)13-27-20-12-18(33(30,31)26-9-3-4-10-26)7-8-21(20)32-14-16(2)23(27)29/h5-8,11-12,16H,3-4,9-10,13-14H2,1-2H3,(H,25,28)/t16-/m0/s1. The number of hydrogen-bond acceptors (Lipinski definition) is 5. The lowest BCUT2D eigenvalue weighted by atomic mass is 10.1. The number of nitrogens with zero attached hydrogens (tertiary/aromatic N) is 2. The highest BCUT2D eigenvalue weighted by molar-refractivity contribution is 7.99. The molecule has 0 aromatic heterocycles. The van der Waals surface area contributed by atoms with Gasteiger partial charge in [0.25, 0.3) is 0 Å². The number of carbonyl (C=O) groups is 2. The van der Waals surface area contributed by atoms with Crippen molar-refractivity contribution in [2.75, 3.05) is 35.6 Å². The zero-order valence-corrected chi connectivity index (χ0v) is 20.9. The highest BCUT2D eigenvalue weighted by Crippen LogP contribution is 2.38. The zero-order chi connectivity index (χ0) is 23.8. The molecule has 0 saturated carbocycles. The molecule has 2 aliphatic heterocycles. The number of aryl methyl sites for hydroxylation is 1. The van der Waals surface area contributed by atoms with E-state index >= 15 is 0 Å². The van der Waals surface area contributed by atoms with Crippen molar-refractivity contribution in [1.29, 1.82) is 0 Å². The monoisotopic (exact) mass is 507 g/mol. The first-order valence-electron chi connectivity index (χ1n) is 10.8. The SMILES string of the molecule is Cc1ccc(Cl)cc1NC(=O)CN1C(=O)[C@@H](C)CSc2ccc(S(=O)(=O)N3CCCC3)cc21. The largest absolute Gasteiger partial charge is 0.324 e. The third kappa shape index (κ3) is 5.06. The van der Waals surface area contributed by atoms with E-state index in [-0.39, 0.29) is 29.2 Å². The molecule has 2 aromatic carbocycles. The number of nitrogens with one attached hydrogen (secondary N) is 1. The van der Waals surface area contributed by atoms with Crippen molar-refractivity contribution in [3.8, 4) is 0 Å². The highest BCUT2D eigenvalue weighted by Gasteiger charge is 2.33.